The molecular weight excluding hydrogens is 326 g/mol. The highest BCUT2D eigenvalue weighted by Crippen LogP contribution is 2.28. The van der Waals surface area contributed by atoms with Crippen LogP contribution >= 0.6 is 0 Å². The minimum Gasteiger partial charge on any atom is -0.352 e. The van der Waals surface area contributed by atoms with Crippen molar-refractivity contribution in [3.05, 3.63) is 48.0 Å². The van der Waals surface area contributed by atoms with Gasteiger partial charge in [-0.3, -0.25) is 19.4 Å². The zero-order valence-corrected chi connectivity index (χ0v) is 15.2. The number of hydrogen-bond donors (Lipinski definition) is 1. The molecule has 1 atom stereocenters. The lowest BCUT2D eigenvalue weighted by Crippen LogP contribution is -2.37. The van der Waals surface area contributed by atoms with Gasteiger partial charge in [0.15, 0.2) is 0 Å². The summed E-state index contributed by atoms with van der Waals surface area (Å²) < 4.78 is 2.16. The van der Waals surface area contributed by atoms with Crippen LogP contribution in [0.1, 0.15) is 48.2 Å². The fraction of sp³-hybridized carbons (Fsp3) is 0.550. The lowest BCUT2D eigenvalue weighted by Gasteiger charge is -2.29. The van der Waals surface area contributed by atoms with Gasteiger partial charge in [0, 0.05) is 50.8 Å². The Labute approximate surface area is 154 Å². The molecule has 1 aliphatic carbocycles. The minimum absolute atomic E-state index is 0.0425. The molecule has 1 fully saturated rings. The van der Waals surface area contributed by atoms with Gasteiger partial charge < -0.3 is 5.32 Å². The predicted molar refractivity (Wildman–Crippen MR) is 99.6 cm³/mol. The van der Waals surface area contributed by atoms with Gasteiger partial charge in [0.1, 0.15) is 0 Å². The van der Waals surface area contributed by atoms with Crippen LogP contribution in [0.3, 0.4) is 0 Å². The van der Waals surface area contributed by atoms with Crippen LogP contribution in [0.15, 0.2) is 36.8 Å². The first-order valence-electron chi connectivity index (χ1n) is 9.72. The molecule has 0 aromatic carbocycles. The molecule has 4 rings (SSSR count). The number of carbonyl (C=O) groups is 1. The molecular formula is C20H27N5O. The van der Waals surface area contributed by atoms with Gasteiger partial charge in [-0.25, -0.2) is 0 Å². The van der Waals surface area contributed by atoms with Crippen molar-refractivity contribution in [2.75, 3.05) is 13.1 Å². The molecule has 6 heteroatoms. The third-order valence-corrected chi connectivity index (χ3v) is 5.70. The maximum atomic E-state index is 12.2. The Hall–Kier alpha value is -2.21. The number of hydrogen-bond acceptors (Lipinski definition) is 4. The lowest BCUT2D eigenvalue weighted by atomic mass is 10.0. The van der Waals surface area contributed by atoms with E-state index < -0.39 is 0 Å². The van der Waals surface area contributed by atoms with Gasteiger partial charge >= 0.3 is 0 Å². The molecule has 0 bridgehead atoms. The van der Waals surface area contributed by atoms with Crippen molar-refractivity contribution in [3.63, 3.8) is 0 Å². The summed E-state index contributed by atoms with van der Waals surface area (Å²) in [5, 5.41) is 7.55. The number of nitrogens with one attached hydrogen (secondary N) is 1. The molecule has 1 amide bonds. The Balaban J connectivity index is 1.36. The largest absolute Gasteiger partial charge is 0.352 e. The number of nitrogens with zero attached hydrogens (tertiary/aromatic N) is 4. The van der Waals surface area contributed by atoms with Gasteiger partial charge in [0.05, 0.1) is 11.3 Å². The number of rotatable bonds is 5. The summed E-state index contributed by atoms with van der Waals surface area (Å²) >= 11 is 0. The van der Waals surface area contributed by atoms with E-state index in [2.05, 4.69) is 31.0 Å². The zero-order chi connectivity index (χ0) is 17.8. The number of aromatic nitrogens is 3. The summed E-state index contributed by atoms with van der Waals surface area (Å²) in [5.41, 5.74) is 1.94. The molecule has 0 radical (unpaired) electrons. The van der Waals surface area contributed by atoms with Crippen LogP contribution in [-0.4, -0.2) is 44.7 Å². The van der Waals surface area contributed by atoms with E-state index in [4.69, 9.17) is 0 Å². The molecule has 6 nitrogen and oxygen atoms in total. The standard InChI is InChI=1S/C20H27N5O/c26-20(17-4-3-9-21-12-17)22-10-7-16-13-24(18-5-1-2-6-18)15-19-8-11-23-25(19)14-16/h3-4,8-9,11-12,16,18H,1-2,5-7,10,13-15H2,(H,22,26). The van der Waals surface area contributed by atoms with Crippen LogP contribution in [-0.2, 0) is 13.1 Å². The quantitative estimate of drug-likeness (QED) is 0.897. The Kier molecular flexibility index (Phi) is 5.29. The number of carbonyl (C=O) groups excluding carboxylic acids is 1. The Morgan fingerprint density at radius 2 is 2.08 bits per heavy atom. The Morgan fingerprint density at radius 3 is 2.88 bits per heavy atom. The summed E-state index contributed by atoms with van der Waals surface area (Å²) in [5.74, 6) is 0.463. The second-order valence-electron chi connectivity index (χ2n) is 7.52. The maximum Gasteiger partial charge on any atom is 0.252 e. The van der Waals surface area contributed by atoms with E-state index >= 15 is 0 Å². The first-order valence-corrected chi connectivity index (χ1v) is 9.72. The average molecular weight is 353 g/mol. The molecule has 1 aliphatic heterocycles. The summed E-state index contributed by atoms with van der Waals surface area (Å²) in [6, 6.07) is 6.45. The van der Waals surface area contributed by atoms with E-state index in [-0.39, 0.29) is 5.91 Å². The normalized spacial score (nSPS) is 21.3. The molecule has 0 saturated heterocycles. The molecule has 2 aromatic heterocycles. The molecule has 2 aliphatic rings. The van der Waals surface area contributed by atoms with Crippen molar-refractivity contribution < 1.29 is 4.79 Å². The van der Waals surface area contributed by atoms with Crippen molar-refractivity contribution >= 4 is 5.91 Å². The number of amides is 1. The van der Waals surface area contributed by atoms with E-state index in [1.165, 1.54) is 31.4 Å². The monoisotopic (exact) mass is 353 g/mol. The first kappa shape index (κ1) is 17.2. The van der Waals surface area contributed by atoms with Crippen molar-refractivity contribution in [2.45, 2.75) is 51.2 Å². The first-order chi connectivity index (χ1) is 12.8. The number of fused-ring (bicyclic) bond motifs is 1. The summed E-state index contributed by atoms with van der Waals surface area (Å²) in [7, 11) is 0. The maximum absolute atomic E-state index is 12.2. The van der Waals surface area contributed by atoms with Crippen LogP contribution in [0.5, 0.6) is 0 Å². The molecule has 1 unspecified atom stereocenters. The highest BCUT2D eigenvalue weighted by Gasteiger charge is 2.28. The molecule has 1 N–H and O–H groups in total. The van der Waals surface area contributed by atoms with Crippen LogP contribution in [0, 0.1) is 5.92 Å². The predicted octanol–water partition coefficient (Wildman–Crippen LogP) is 2.47. The molecule has 0 spiro atoms. The third kappa shape index (κ3) is 3.96. The van der Waals surface area contributed by atoms with Gasteiger partial charge in [0.25, 0.3) is 5.91 Å². The second kappa shape index (κ2) is 7.99. The second-order valence-corrected chi connectivity index (χ2v) is 7.52. The molecule has 1 saturated carbocycles. The molecule has 3 heterocycles. The smallest absolute Gasteiger partial charge is 0.252 e. The van der Waals surface area contributed by atoms with Crippen LogP contribution in [0.25, 0.3) is 0 Å². The topological polar surface area (TPSA) is 63.1 Å². The van der Waals surface area contributed by atoms with E-state index in [0.29, 0.717) is 24.1 Å². The fourth-order valence-corrected chi connectivity index (χ4v) is 4.28. The van der Waals surface area contributed by atoms with Gasteiger partial charge in [-0.05, 0) is 43.4 Å². The van der Waals surface area contributed by atoms with E-state index in [1.807, 2.05) is 6.20 Å². The van der Waals surface area contributed by atoms with Crippen molar-refractivity contribution in [2.24, 2.45) is 5.92 Å². The van der Waals surface area contributed by atoms with Gasteiger partial charge in [-0.15, -0.1) is 0 Å². The highest BCUT2D eigenvalue weighted by atomic mass is 16.1. The zero-order valence-electron chi connectivity index (χ0n) is 15.2. The summed E-state index contributed by atoms with van der Waals surface area (Å²) in [6.45, 7) is 3.72. The van der Waals surface area contributed by atoms with Crippen LogP contribution in [0.2, 0.25) is 0 Å². The molecule has 26 heavy (non-hydrogen) atoms. The fourth-order valence-electron chi connectivity index (χ4n) is 4.28. The minimum atomic E-state index is -0.0425. The highest BCUT2D eigenvalue weighted by molar-refractivity contribution is 5.93. The van der Waals surface area contributed by atoms with Crippen molar-refractivity contribution in [3.8, 4) is 0 Å². The average Bonchev–Trinajstić information content (AvgIpc) is 3.32. The molecule has 138 valence electrons. The van der Waals surface area contributed by atoms with E-state index in [9.17, 15) is 4.79 Å². The summed E-state index contributed by atoms with van der Waals surface area (Å²) in [6.07, 6.45) is 11.5. The summed E-state index contributed by atoms with van der Waals surface area (Å²) in [4.78, 5) is 18.9. The Bertz CT molecular complexity index is 723. The Morgan fingerprint density at radius 1 is 1.19 bits per heavy atom. The van der Waals surface area contributed by atoms with Crippen LogP contribution in [0.4, 0.5) is 0 Å². The van der Waals surface area contributed by atoms with E-state index in [1.54, 1.807) is 24.5 Å². The van der Waals surface area contributed by atoms with Crippen molar-refractivity contribution in [1.82, 2.24) is 25.0 Å². The van der Waals surface area contributed by atoms with Gasteiger partial charge in [-0.2, -0.15) is 5.10 Å². The van der Waals surface area contributed by atoms with E-state index in [0.717, 1.165) is 26.1 Å². The van der Waals surface area contributed by atoms with Crippen molar-refractivity contribution in [1.29, 1.82) is 0 Å². The molecule has 2 aromatic rings. The van der Waals surface area contributed by atoms with Crippen LogP contribution < -0.4 is 5.32 Å². The number of pyridine rings is 1. The third-order valence-electron chi connectivity index (χ3n) is 5.70. The SMILES string of the molecule is O=C(NCCC1CN(C2CCCC2)Cc2ccnn2C1)c1cccnc1. The van der Waals surface area contributed by atoms with Gasteiger partial charge in [-0.1, -0.05) is 12.8 Å². The lowest BCUT2D eigenvalue weighted by molar-refractivity contribution is 0.0947. The van der Waals surface area contributed by atoms with Gasteiger partial charge in [0.2, 0.25) is 0 Å².